The van der Waals surface area contributed by atoms with Crippen LogP contribution in [0.2, 0.25) is 0 Å². The quantitative estimate of drug-likeness (QED) is 0.616. The molecule has 5 rings (SSSR count). The molecule has 0 amide bonds. The molecule has 0 unspecified atom stereocenters. The Morgan fingerprint density at radius 3 is 2.90 bits per heavy atom. The SMILES string of the molecule is C1=Cc2c(oc3c2ccc2[nH]c4c(c23)CCC=C4)CC1. The van der Waals surface area contributed by atoms with Crippen LogP contribution in [0.15, 0.2) is 28.7 Å². The van der Waals surface area contributed by atoms with E-state index in [0.717, 1.165) is 37.0 Å². The second-order valence-corrected chi connectivity index (χ2v) is 5.70. The molecule has 98 valence electrons. The van der Waals surface area contributed by atoms with Gasteiger partial charge in [0, 0.05) is 34.0 Å². The second kappa shape index (κ2) is 3.66. The number of rotatable bonds is 0. The van der Waals surface area contributed by atoms with E-state index in [0.29, 0.717) is 0 Å². The maximum atomic E-state index is 6.23. The van der Waals surface area contributed by atoms with Crippen LogP contribution in [0.3, 0.4) is 0 Å². The normalized spacial score (nSPS) is 16.8. The van der Waals surface area contributed by atoms with Crippen molar-refractivity contribution in [3.05, 3.63) is 46.9 Å². The summed E-state index contributed by atoms with van der Waals surface area (Å²) in [7, 11) is 0. The van der Waals surface area contributed by atoms with Crippen LogP contribution in [0, 0.1) is 0 Å². The van der Waals surface area contributed by atoms with Gasteiger partial charge in [-0.2, -0.15) is 0 Å². The molecule has 0 radical (unpaired) electrons. The topological polar surface area (TPSA) is 28.9 Å². The highest BCUT2D eigenvalue weighted by Gasteiger charge is 2.20. The van der Waals surface area contributed by atoms with E-state index in [1.807, 2.05) is 0 Å². The van der Waals surface area contributed by atoms with Gasteiger partial charge in [0.15, 0.2) is 0 Å². The third kappa shape index (κ3) is 1.24. The van der Waals surface area contributed by atoms with Crippen LogP contribution in [0.5, 0.6) is 0 Å². The number of aryl methyl sites for hydroxylation is 2. The first kappa shape index (κ1) is 10.6. The minimum absolute atomic E-state index is 1.02. The summed E-state index contributed by atoms with van der Waals surface area (Å²) in [6.07, 6.45) is 13.2. The molecule has 3 aromatic rings. The van der Waals surface area contributed by atoms with Gasteiger partial charge in [-0.25, -0.2) is 0 Å². The molecule has 2 nitrogen and oxygen atoms in total. The third-order valence-corrected chi connectivity index (χ3v) is 4.54. The molecule has 1 N–H and O–H groups in total. The third-order valence-electron chi connectivity index (χ3n) is 4.54. The maximum Gasteiger partial charge on any atom is 0.144 e. The standard InChI is InChI=1S/C18H15NO/c1-3-7-14-13(6-1)17-15(19-14)10-9-12-11-5-2-4-8-16(11)20-18(12)17/h2-3,5,7,9-10,19H,1,4,6,8H2. The van der Waals surface area contributed by atoms with Crippen LogP contribution in [-0.2, 0) is 12.8 Å². The second-order valence-electron chi connectivity index (χ2n) is 5.70. The Kier molecular flexibility index (Phi) is 1.93. The number of furan rings is 1. The Morgan fingerprint density at radius 1 is 1.00 bits per heavy atom. The zero-order valence-electron chi connectivity index (χ0n) is 11.2. The fourth-order valence-electron chi connectivity index (χ4n) is 3.60. The molecule has 0 bridgehead atoms. The minimum atomic E-state index is 1.02. The van der Waals surface area contributed by atoms with Crippen molar-refractivity contribution in [3.8, 4) is 0 Å². The Hall–Kier alpha value is -2.22. The van der Waals surface area contributed by atoms with Crippen molar-refractivity contribution in [1.29, 1.82) is 0 Å². The van der Waals surface area contributed by atoms with E-state index in [9.17, 15) is 0 Å². The Morgan fingerprint density at radius 2 is 1.90 bits per heavy atom. The summed E-state index contributed by atoms with van der Waals surface area (Å²) in [4.78, 5) is 3.52. The number of H-pyrrole nitrogens is 1. The summed E-state index contributed by atoms with van der Waals surface area (Å²) in [5.74, 6) is 1.15. The van der Waals surface area contributed by atoms with Crippen LogP contribution in [0.4, 0.5) is 0 Å². The molecule has 2 heteroatoms. The van der Waals surface area contributed by atoms with Crippen LogP contribution in [-0.4, -0.2) is 4.98 Å². The van der Waals surface area contributed by atoms with E-state index in [1.165, 1.54) is 33.1 Å². The predicted molar refractivity (Wildman–Crippen MR) is 82.8 cm³/mol. The number of aromatic nitrogens is 1. The summed E-state index contributed by atoms with van der Waals surface area (Å²) in [6, 6.07) is 4.39. The van der Waals surface area contributed by atoms with E-state index in [-0.39, 0.29) is 0 Å². The van der Waals surface area contributed by atoms with Gasteiger partial charge in [-0.05, 0) is 43.0 Å². The molecule has 0 spiro atoms. The number of benzene rings is 1. The highest BCUT2D eigenvalue weighted by molar-refractivity contribution is 6.09. The van der Waals surface area contributed by atoms with Gasteiger partial charge in [-0.3, -0.25) is 0 Å². The van der Waals surface area contributed by atoms with Crippen molar-refractivity contribution >= 4 is 34.0 Å². The van der Waals surface area contributed by atoms with Gasteiger partial charge in [0.1, 0.15) is 11.3 Å². The predicted octanol–water partition coefficient (Wildman–Crippen LogP) is 4.83. The van der Waals surface area contributed by atoms with Crippen molar-refractivity contribution in [2.75, 3.05) is 0 Å². The number of allylic oxidation sites excluding steroid dienone is 2. The first-order chi connectivity index (χ1) is 9.92. The van der Waals surface area contributed by atoms with Gasteiger partial charge in [0.05, 0.1) is 0 Å². The molecule has 2 aromatic heterocycles. The Labute approximate surface area is 116 Å². The number of fused-ring (bicyclic) bond motifs is 7. The lowest BCUT2D eigenvalue weighted by Gasteiger charge is -2.04. The van der Waals surface area contributed by atoms with E-state index < -0.39 is 0 Å². The lowest BCUT2D eigenvalue weighted by molar-refractivity contribution is 0.548. The molecule has 2 aliphatic rings. The Bertz CT molecular complexity index is 905. The van der Waals surface area contributed by atoms with Crippen molar-refractivity contribution in [3.63, 3.8) is 0 Å². The number of hydrogen-bond donors (Lipinski definition) is 1. The molecule has 2 heterocycles. The molecule has 0 fully saturated rings. The first-order valence-corrected chi connectivity index (χ1v) is 7.34. The van der Waals surface area contributed by atoms with Crippen LogP contribution < -0.4 is 0 Å². The van der Waals surface area contributed by atoms with E-state index in [2.05, 4.69) is 41.4 Å². The van der Waals surface area contributed by atoms with Gasteiger partial charge >= 0.3 is 0 Å². The largest absolute Gasteiger partial charge is 0.460 e. The number of nitrogens with one attached hydrogen (secondary N) is 1. The average Bonchev–Trinajstić information content (AvgIpc) is 3.04. The summed E-state index contributed by atoms with van der Waals surface area (Å²) in [5.41, 5.74) is 6.23. The number of hydrogen-bond acceptors (Lipinski definition) is 1. The van der Waals surface area contributed by atoms with Crippen molar-refractivity contribution < 1.29 is 4.42 Å². The smallest absolute Gasteiger partial charge is 0.144 e. The lowest BCUT2D eigenvalue weighted by Crippen LogP contribution is -1.90. The van der Waals surface area contributed by atoms with Crippen LogP contribution >= 0.6 is 0 Å². The van der Waals surface area contributed by atoms with Crippen LogP contribution in [0.1, 0.15) is 35.4 Å². The molecule has 0 atom stereocenters. The average molecular weight is 261 g/mol. The van der Waals surface area contributed by atoms with Crippen molar-refractivity contribution in [2.45, 2.75) is 25.7 Å². The zero-order valence-corrected chi connectivity index (χ0v) is 11.2. The van der Waals surface area contributed by atoms with Gasteiger partial charge in [0.25, 0.3) is 0 Å². The summed E-state index contributed by atoms with van der Waals surface area (Å²) >= 11 is 0. The van der Waals surface area contributed by atoms with E-state index in [1.54, 1.807) is 0 Å². The van der Waals surface area contributed by atoms with Gasteiger partial charge in [-0.1, -0.05) is 18.2 Å². The maximum absolute atomic E-state index is 6.23. The Balaban J connectivity index is 1.96. The van der Waals surface area contributed by atoms with Crippen molar-refractivity contribution in [2.24, 2.45) is 0 Å². The first-order valence-electron chi connectivity index (χ1n) is 7.34. The molecule has 2 aliphatic carbocycles. The zero-order chi connectivity index (χ0) is 13.1. The molecular weight excluding hydrogens is 246 g/mol. The molecule has 0 saturated carbocycles. The molecule has 20 heavy (non-hydrogen) atoms. The summed E-state index contributed by atoms with van der Waals surface area (Å²) in [6.45, 7) is 0. The van der Waals surface area contributed by atoms with Crippen LogP contribution in [0.25, 0.3) is 34.0 Å². The molecule has 0 aliphatic heterocycles. The minimum Gasteiger partial charge on any atom is -0.460 e. The summed E-state index contributed by atoms with van der Waals surface area (Å²) in [5, 5.41) is 2.56. The van der Waals surface area contributed by atoms with Crippen molar-refractivity contribution in [1.82, 2.24) is 4.98 Å². The molecule has 1 aromatic carbocycles. The van der Waals surface area contributed by atoms with Gasteiger partial charge in [-0.15, -0.1) is 0 Å². The summed E-state index contributed by atoms with van der Waals surface area (Å²) < 4.78 is 6.23. The van der Waals surface area contributed by atoms with Gasteiger partial charge < -0.3 is 9.40 Å². The lowest BCUT2D eigenvalue weighted by atomic mass is 9.98. The molecular formula is C18H15NO. The fraction of sp³-hybridized carbons (Fsp3) is 0.222. The van der Waals surface area contributed by atoms with Gasteiger partial charge in [0.2, 0.25) is 0 Å². The number of aromatic amines is 1. The highest BCUT2D eigenvalue weighted by atomic mass is 16.3. The molecule has 0 saturated heterocycles. The monoisotopic (exact) mass is 261 g/mol. The van der Waals surface area contributed by atoms with E-state index >= 15 is 0 Å². The fourth-order valence-corrected chi connectivity index (χ4v) is 3.60. The highest BCUT2D eigenvalue weighted by Crippen LogP contribution is 2.38. The van der Waals surface area contributed by atoms with E-state index in [4.69, 9.17) is 4.42 Å².